The molecule has 12 nitrogen and oxygen atoms in total. The third-order valence-corrected chi connectivity index (χ3v) is 8.89. The molecule has 0 spiro atoms. The molecule has 1 N–H and O–H groups in total. The molecular weight excluding hydrogens is 568 g/mol. The Balaban J connectivity index is 1.31. The average molecular weight is 609 g/mol. The highest BCUT2D eigenvalue weighted by molar-refractivity contribution is 5.96. The zero-order valence-electron chi connectivity index (χ0n) is 26.3. The first kappa shape index (κ1) is 29.0. The number of nitrogens with one attached hydrogen (secondary N) is 1. The van der Waals surface area contributed by atoms with Crippen LogP contribution in [0.25, 0.3) is 27.8 Å². The fourth-order valence-corrected chi connectivity index (χ4v) is 6.36. The first-order chi connectivity index (χ1) is 21.7. The second-order valence-electron chi connectivity index (χ2n) is 12.6. The Bertz CT molecular complexity index is 2020. The minimum Gasteiger partial charge on any atom is -0.368 e. The van der Waals surface area contributed by atoms with Crippen LogP contribution in [0, 0.1) is 0 Å². The number of benzene rings is 1. The topological polar surface area (TPSA) is 111 Å². The van der Waals surface area contributed by atoms with Gasteiger partial charge in [-0.15, -0.1) is 11.7 Å². The van der Waals surface area contributed by atoms with E-state index in [0.29, 0.717) is 34.9 Å². The van der Waals surface area contributed by atoms with Gasteiger partial charge in [-0.1, -0.05) is 6.08 Å². The van der Waals surface area contributed by atoms with Gasteiger partial charge in [0, 0.05) is 73.5 Å². The van der Waals surface area contributed by atoms with Crippen LogP contribution in [0.1, 0.15) is 52.6 Å². The minimum atomic E-state index is -0.257. The summed E-state index contributed by atoms with van der Waals surface area (Å²) in [5.41, 5.74) is 3.20. The fourth-order valence-electron chi connectivity index (χ4n) is 6.36. The number of anilines is 3. The molecule has 12 heteroatoms. The summed E-state index contributed by atoms with van der Waals surface area (Å²) in [6, 6.07) is 10.6. The second-order valence-corrected chi connectivity index (χ2v) is 12.6. The molecule has 0 amide bonds. The lowest BCUT2D eigenvalue weighted by Crippen LogP contribution is -2.48. The molecular formula is C33H40N10O2. The summed E-state index contributed by atoms with van der Waals surface area (Å²) in [6.45, 7) is 16.3. The van der Waals surface area contributed by atoms with Crippen LogP contribution < -0.4 is 21.3 Å². The van der Waals surface area contributed by atoms with E-state index >= 15 is 0 Å². The van der Waals surface area contributed by atoms with Crippen LogP contribution in [0.2, 0.25) is 0 Å². The van der Waals surface area contributed by atoms with Crippen molar-refractivity contribution < 1.29 is 0 Å². The summed E-state index contributed by atoms with van der Waals surface area (Å²) in [4.78, 5) is 40.4. The molecule has 4 aromatic heterocycles. The maximum atomic E-state index is 13.5. The van der Waals surface area contributed by atoms with Crippen molar-refractivity contribution in [3.63, 3.8) is 0 Å². The Kier molecular flexibility index (Phi) is 7.31. The van der Waals surface area contributed by atoms with E-state index in [1.807, 2.05) is 13.8 Å². The largest absolute Gasteiger partial charge is 0.368 e. The van der Waals surface area contributed by atoms with Crippen molar-refractivity contribution in [3.8, 4) is 5.82 Å². The van der Waals surface area contributed by atoms with Crippen LogP contribution in [0.15, 0.2) is 65.0 Å². The second kappa shape index (κ2) is 11.3. The molecule has 2 fully saturated rings. The number of hydrogen-bond donors (Lipinski definition) is 1. The van der Waals surface area contributed by atoms with E-state index in [0.717, 1.165) is 31.9 Å². The predicted octanol–water partition coefficient (Wildman–Crippen LogP) is 4.47. The van der Waals surface area contributed by atoms with E-state index in [9.17, 15) is 9.59 Å². The molecule has 45 heavy (non-hydrogen) atoms. The van der Waals surface area contributed by atoms with E-state index in [1.165, 1.54) is 44.9 Å². The SMILES string of the molecule is C=CCn1c(=O)c2cnc(Nc3cc(N4CCN(C(C)C)CC4)c4ccn(C5CC5)c4c3)nc2n1-c1ccc(=O)n(C(C)C)n1. The maximum Gasteiger partial charge on any atom is 0.278 e. The van der Waals surface area contributed by atoms with E-state index in [-0.39, 0.29) is 23.7 Å². The van der Waals surface area contributed by atoms with Crippen LogP contribution >= 0.6 is 0 Å². The van der Waals surface area contributed by atoms with E-state index in [2.05, 4.69) is 74.6 Å². The lowest BCUT2D eigenvalue weighted by molar-refractivity contribution is 0.209. The summed E-state index contributed by atoms with van der Waals surface area (Å²) >= 11 is 0. The zero-order chi connectivity index (χ0) is 31.4. The molecule has 0 unspecified atom stereocenters. The van der Waals surface area contributed by atoms with Crippen molar-refractivity contribution >= 4 is 39.3 Å². The van der Waals surface area contributed by atoms with Gasteiger partial charge in [0.1, 0.15) is 5.39 Å². The molecule has 234 valence electrons. The lowest BCUT2D eigenvalue weighted by atomic mass is 10.1. The highest BCUT2D eigenvalue weighted by Gasteiger charge is 2.27. The van der Waals surface area contributed by atoms with E-state index < -0.39 is 0 Å². The Morgan fingerprint density at radius 3 is 2.47 bits per heavy atom. The van der Waals surface area contributed by atoms with Gasteiger partial charge in [-0.25, -0.2) is 19.0 Å². The molecule has 2 aliphatic rings. The van der Waals surface area contributed by atoms with Gasteiger partial charge in [-0.05, 0) is 64.8 Å². The number of fused-ring (bicyclic) bond motifs is 2. The third kappa shape index (κ3) is 5.22. The highest BCUT2D eigenvalue weighted by Crippen LogP contribution is 2.41. The Morgan fingerprint density at radius 2 is 1.78 bits per heavy atom. The van der Waals surface area contributed by atoms with Gasteiger partial charge in [0.05, 0.1) is 18.1 Å². The van der Waals surface area contributed by atoms with Crippen molar-refractivity contribution in [2.75, 3.05) is 36.4 Å². The molecule has 1 saturated heterocycles. The maximum absolute atomic E-state index is 13.5. The van der Waals surface area contributed by atoms with Crippen molar-refractivity contribution in [2.24, 2.45) is 0 Å². The molecule has 7 rings (SSSR count). The van der Waals surface area contributed by atoms with Crippen LogP contribution in [0.3, 0.4) is 0 Å². The standard InChI is InChI=1S/C33H40N10O2/c1-6-12-41-32(45)26-20-34-33(36-31(26)43(41)29-9-10-30(44)42(37-29)22(4)5)35-23-18-27(39-16-14-38(15-17-39)21(2)3)25-11-13-40(24-7-8-24)28(25)19-23/h6,9-11,13,18-22,24H,1,7-8,12,14-17H2,2-5H3,(H,34,35,36). The molecule has 1 aromatic carbocycles. The summed E-state index contributed by atoms with van der Waals surface area (Å²) in [7, 11) is 0. The molecule has 1 saturated carbocycles. The molecule has 5 heterocycles. The molecule has 1 aliphatic heterocycles. The summed E-state index contributed by atoms with van der Waals surface area (Å²) in [6.07, 6.45) is 7.81. The number of aromatic nitrogens is 7. The zero-order valence-corrected chi connectivity index (χ0v) is 26.3. The molecule has 0 radical (unpaired) electrons. The van der Waals surface area contributed by atoms with Crippen molar-refractivity contribution in [2.45, 2.75) is 65.2 Å². The fraction of sp³-hybridized carbons (Fsp3) is 0.424. The number of allylic oxidation sites excluding steroid dienone is 1. The third-order valence-electron chi connectivity index (χ3n) is 8.89. The van der Waals surface area contributed by atoms with Gasteiger partial charge in [0.15, 0.2) is 11.5 Å². The van der Waals surface area contributed by atoms with Gasteiger partial charge < -0.3 is 14.8 Å². The number of hydrogen-bond acceptors (Lipinski definition) is 8. The number of nitrogens with zero attached hydrogens (tertiary/aromatic N) is 9. The summed E-state index contributed by atoms with van der Waals surface area (Å²) < 4.78 is 6.94. The monoisotopic (exact) mass is 608 g/mol. The van der Waals surface area contributed by atoms with Crippen LogP contribution in [0.5, 0.6) is 0 Å². The van der Waals surface area contributed by atoms with Crippen molar-refractivity contribution in [3.05, 3.63) is 76.1 Å². The molecule has 0 atom stereocenters. The summed E-state index contributed by atoms with van der Waals surface area (Å²) in [5, 5.41) is 9.65. The predicted molar refractivity (Wildman–Crippen MR) is 178 cm³/mol. The van der Waals surface area contributed by atoms with Gasteiger partial charge in [-0.2, -0.15) is 4.98 Å². The number of piperazine rings is 1. The van der Waals surface area contributed by atoms with Crippen molar-refractivity contribution in [1.82, 2.24) is 38.6 Å². The van der Waals surface area contributed by atoms with Crippen LogP contribution in [-0.2, 0) is 6.54 Å². The van der Waals surface area contributed by atoms with Gasteiger partial charge >= 0.3 is 0 Å². The van der Waals surface area contributed by atoms with E-state index in [4.69, 9.17) is 4.98 Å². The molecule has 0 bridgehead atoms. The highest BCUT2D eigenvalue weighted by atomic mass is 16.1. The minimum absolute atomic E-state index is 0.155. The quantitative estimate of drug-likeness (QED) is 0.244. The normalized spacial score (nSPS) is 16.0. The van der Waals surface area contributed by atoms with Crippen LogP contribution in [0.4, 0.5) is 17.3 Å². The first-order valence-corrected chi connectivity index (χ1v) is 15.8. The van der Waals surface area contributed by atoms with Crippen molar-refractivity contribution in [1.29, 1.82) is 0 Å². The smallest absolute Gasteiger partial charge is 0.278 e. The van der Waals surface area contributed by atoms with Gasteiger partial charge in [0.25, 0.3) is 11.1 Å². The van der Waals surface area contributed by atoms with Gasteiger partial charge in [-0.3, -0.25) is 14.5 Å². The summed E-state index contributed by atoms with van der Waals surface area (Å²) in [5.74, 6) is 0.775. The number of rotatable bonds is 9. The molecule has 1 aliphatic carbocycles. The first-order valence-electron chi connectivity index (χ1n) is 15.8. The molecule has 5 aromatic rings. The van der Waals surface area contributed by atoms with Crippen LogP contribution in [-0.4, -0.2) is 70.8 Å². The Hall–Kier alpha value is -4.71. The average Bonchev–Trinajstić information content (AvgIpc) is 3.73. The Labute approximate surface area is 261 Å². The lowest BCUT2D eigenvalue weighted by Gasteiger charge is -2.38. The Morgan fingerprint density at radius 1 is 1.00 bits per heavy atom. The van der Waals surface area contributed by atoms with Gasteiger partial charge in [0.2, 0.25) is 5.95 Å². The van der Waals surface area contributed by atoms with E-state index in [1.54, 1.807) is 23.0 Å².